The van der Waals surface area contributed by atoms with E-state index in [0.717, 1.165) is 44.1 Å². The summed E-state index contributed by atoms with van der Waals surface area (Å²) in [7, 11) is 0. The van der Waals surface area contributed by atoms with Crippen LogP contribution in [0.25, 0.3) is 0 Å². The lowest BCUT2D eigenvalue weighted by molar-refractivity contribution is 0.0722. The lowest BCUT2D eigenvalue weighted by Gasteiger charge is -2.39. The molecule has 1 saturated heterocycles. The third-order valence-electron chi connectivity index (χ3n) is 4.95. The van der Waals surface area contributed by atoms with Crippen LogP contribution in [-0.4, -0.2) is 62.7 Å². The van der Waals surface area contributed by atoms with Crippen molar-refractivity contribution < 1.29 is 4.39 Å². The first-order chi connectivity index (χ1) is 12.1. The molecular formula is C18H27FN6. The maximum atomic E-state index is 13.1. The predicted molar refractivity (Wildman–Crippen MR) is 94.6 cm³/mol. The summed E-state index contributed by atoms with van der Waals surface area (Å²) >= 11 is 0. The molecule has 7 heteroatoms. The molecule has 1 fully saturated rings. The van der Waals surface area contributed by atoms with E-state index in [2.05, 4.69) is 46.1 Å². The Morgan fingerprint density at radius 1 is 1.08 bits per heavy atom. The molecule has 1 aliphatic rings. The Labute approximate surface area is 148 Å². The fraction of sp³-hybridized carbons (Fsp3) is 0.611. The number of nitrogens with zero attached hydrogens (tertiary/aromatic N) is 6. The van der Waals surface area contributed by atoms with Crippen LogP contribution in [0.1, 0.15) is 38.2 Å². The highest BCUT2D eigenvalue weighted by Gasteiger charge is 2.31. The minimum Gasteiger partial charge on any atom is -0.301 e. The highest BCUT2D eigenvalue weighted by molar-refractivity contribution is 5.16. The van der Waals surface area contributed by atoms with E-state index in [9.17, 15) is 4.39 Å². The van der Waals surface area contributed by atoms with Crippen molar-refractivity contribution >= 4 is 0 Å². The van der Waals surface area contributed by atoms with E-state index >= 15 is 0 Å². The van der Waals surface area contributed by atoms with E-state index in [4.69, 9.17) is 0 Å². The van der Waals surface area contributed by atoms with Gasteiger partial charge in [0.1, 0.15) is 5.82 Å². The van der Waals surface area contributed by atoms with Gasteiger partial charge in [0.15, 0.2) is 5.82 Å². The van der Waals surface area contributed by atoms with E-state index < -0.39 is 0 Å². The van der Waals surface area contributed by atoms with Gasteiger partial charge >= 0.3 is 0 Å². The summed E-state index contributed by atoms with van der Waals surface area (Å²) in [6.07, 6.45) is 0. The van der Waals surface area contributed by atoms with E-state index in [0.29, 0.717) is 12.5 Å². The molecule has 2 aromatic rings. The van der Waals surface area contributed by atoms with Crippen LogP contribution >= 0.6 is 0 Å². The fourth-order valence-electron chi connectivity index (χ4n) is 3.54. The Hall–Kier alpha value is -1.86. The van der Waals surface area contributed by atoms with Crippen LogP contribution in [0.2, 0.25) is 0 Å². The molecule has 1 unspecified atom stereocenters. The lowest BCUT2D eigenvalue weighted by atomic mass is 10.0. The van der Waals surface area contributed by atoms with Gasteiger partial charge in [-0.25, -0.2) is 9.07 Å². The summed E-state index contributed by atoms with van der Waals surface area (Å²) in [6, 6.07) is 6.71. The molecule has 1 aromatic carbocycles. The summed E-state index contributed by atoms with van der Waals surface area (Å²) < 4.78 is 15.0. The smallest absolute Gasteiger partial charge is 0.169 e. The third kappa shape index (κ3) is 4.22. The summed E-state index contributed by atoms with van der Waals surface area (Å²) in [4.78, 5) is 4.96. The summed E-state index contributed by atoms with van der Waals surface area (Å²) in [5.41, 5.74) is 0.994. The number of aromatic nitrogens is 4. The summed E-state index contributed by atoms with van der Waals surface area (Å²) in [5.74, 6) is 1.07. The Balaban J connectivity index is 1.78. The Bertz CT molecular complexity index is 660. The Morgan fingerprint density at radius 2 is 1.76 bits per heavy atom. The molecule has 1 atom stereocenters. The van der Waals surface area contributed by atoms with Gasteiger partial charge in [0.2, 0.25) is 0 Å². The molecule has 0 aliphatic carbocycles. The highest BCUT2D eigenvalue weighted by atomic mass is 19.1. The fourth-order valence-corrected chi connectivity index (χ4v) is 3.54. The van der Waals surface area contributed by atoms with Crippen molar-refractivity contribution in [2.45, 2.75) is 33.4 Å². The van der Waals surface area contributed by atoms with Gasteiger partial charge in [0.25, 0.3) is 0 Å². The van der Waals surface area contributed by atoms with Crippen molar-refractivity contribution in [3.05, 3.63) is 41.5 Å². The highest BCUT2D eigenvalue weighted by Crippen LogP contribution is 2.28. The zero-order valence-electron chi connectivity index (χ0n) is 15.3. The van der Waals surface area contributed by atoms with Gasteiger partial charge in [-0.1, -0.05) is 32.9 Å². The number of piperazine rings is 1. The Kier molecular flexibility index (Phi) is 5.75. The molecule has 0 amide bonds. The Morgan fingerprint density at radius 3 is 2.36 bits per heavy atom. The molecule has 6 nitrogen and oxygen atoms in total. The first-order valence-corrected chi connectivity index (χ1v) is 9.05. The second kappa shape index (κ2) is 8.01. The molecule has 0 N–H and O–H groups in total. The van der Waals surface area contributed by atoms with Crippen molar-refractivity contribution in [1.29, 1.82) is 0 Å². The molecule has 1 aromatic heterocycles. The van der Waals surface area contributed by atoms with Gasteiger partial charge in [0.05, 0.1) is 12.6 Å². The minimum absolute atomic E-state index is 0.189. The normalized spacial score (nSPS) is 18.0. The zero-order valence-corrected chi connectivity index (χ0v) is 15.3. The SMILES string of the molecule is CCN1CCN(C(c2nnnn2Cc2ccc(F)cc2)C(C)C)CC1. The molecule has 0 saturated carbocycles. The van der Waals surface area contributed by atoms with Gasteiger partial charge in [0, 0.05) is 26.2 Å². The predicted octanol–water partition coefficient (Wildman–Crippen LogP) is 2.20. The van der Waals surface area contributed by atoms with Crippen molar-refractivity contribution in [2.24, 2.45) is 5.92 Å². The van der Waals surface area contributed by atoms with Crippen molar-refractivity contribution in [3.8, 4) is 0 Å². The van der Waals surface area contributed by atoms with Crippen LogP contribution in [0.3, 0.4) is 0 Å². The minimum atomic E-state index is -0.227. The third-order valence-corrected chi connectivity index (χ3v) is 4.95. The maximum Gasteiger partial charge on any atom is 0.169 e. The number of rotatable bonds is 6. The lowest BCUT2D eigenvalue weighted by Crippen LogP contribution is -2.48. The second-order valence-electron chi connectivity index (χ2n) is 6.98. The molecule has 0 spiro atoms. The van der Waals surface area contributed by atoms with Crippen LogP contribution in [0.5, 0.6) is 0 Å². The van der Waals surface area contributed by atoms with Crippen LogP contribution in [0, 0.1) is 11.7 Å². The second-order valence-corrected chi connectivity index (χ2v) is 6.98. The standard InChI is InChI=1S/C18H27FN6/c1-4-23-9-11-24(12-10-23)17(14(2)3)18-20-21-22-25(18)13-15-5-7-16(19)8-6-15/h5-8,14,17H,4,9-13H2,1-3H3. The number of halogens is 1. The molecule has 3 rings (SSSR count). The molecule has 0 radical (unpaired) electrons. The number of hydrogen-bond donors (Lipinski definition) is 0. The van der Waals surface area contributed by atoms with E-state index in [1.54, 1.807) is 12.1 Å². The first-order valence-electron chi connectivity index (χ1n) is 9.05. The monoisotopic (exact) mass is 346 g/mol. The van der Waals surface area contributed by atoms with Crippen molar-refractivity contribution in [1.82, 2.24) is 30.0 Å². The molecule has 136 valence electrons. The number of hydrogen-bond acceptors (Lipinski definition) is 5. The number of tetrazole rings is 1. The van der Waals surface area contributed by atoms with Crippen LogP contribution in [-0.2, 0) is 6.54 Å². The quantitative estimate of drug-likeness (QED) is 0.802. The van der Waals surface area contributed by atoms with Crippen molar-refractivity contribution in [2.75, 3.05) is 32.7 Å². The molecular weight excluding hydrogens is 319 g/mol. The van der Waals surface area contributed by atoms with Crippen molar-refractivity contribution in [3.63, 3.8) is 0 Å². The van der Waals surface area contributed by atoms with Crippen LogP contribution in [0.15, 0.2) is 24.3 Å². The summed E-state index contributed by atoms with van der Waals surface area (Å²) in [5, 5.41) is 12.4. The molecule has 0 bridgehead atoms. The van der Waals surface area contributed by atoms with Crippen LogP contribution in [0.4, 0.5) is 4.39 Å². The van der Waals surface area contributed by atoms with Gasteiger partial charge < -0.3 is 4.90 Å². The number of benzene rings is 1. The van der Waals surface area contributed by atoms with E-state index in [-0.39, 0.29) is 11.9 Å². The van der Waals surface area contributed by atoms with Gasteiger partial charge in [-0.2, -0.15) is 0 Å². The molecule has 1 aliphatic heterocycles. The maximum absolute atomic E-state index is 13.1. The van der Waals surface area contributed by atoms with Gasteiger partial charge in [-0.3, -0.25) is 4.90 Å². The summed E-state index contributed by atoms with van der Waals surface area (Å²) in [6.45, 7) is 12.5. The van der Waals surface area contributed by atoms with E-state index in [1.165, 1.54) is 12.1 Å². The van der Waals surface area contributed by atoms with Crippen LogP contribution < -0.4 is 0 Å². The average molecular weight is 346 g/mol. The molecule has 25 heavy (non-hydrogen) atoms. The van der Waals surface area contributed by atoms with Gasteiger partial charge in [-0.05, 0) is 40.6 Å². The topological polar surface area (TPSA) is 50.1 Å². The zero-order chi connectivity index (χ0) is 17.8. The molecule has 2 heterocycles. The van der Waals surface area contributed by atoms with Gasteiger partial charge in [-0.15, -0.1) is 5.10 Å². The first kappa shape index (κ1) is 17.9. The average Bonchev–Trinajstić information content (AvgIpc) is 3.05. The largest absolute Gasteiger partial charge is 0.301 e. The number of likely N-dealkylation sites (N-methyl/N-ethyl adjacent to an activating group) is 1. The van der Waals surface area contributed by atoms with E-state index in [1.807, 2.05) is 4.68 Å².